The maximum atomic E-state index is 11.6. The number of thioether (sulfide) groups is 1. The van der Waals surface area contributed by atoms with E-state index in [0.29, 0.717) is 31.8 Å². The smallest absolute Gasteiger partial charge is 0.372 e. The zero-order valence-electron chi connectivity index (χ0n) is 11.0. The Balaban J connectivity index is 1.85. The normalized spacial score (nSPS) is 31.5. The van der Waals surface area contributed by atoms with E-state index in [2.05, 4.69) is 4.90 Å². The second-order valence-corrected chi connectivity index (χ2v) is 9.18. The molecule has 0 atom stereocenters. The van der Waals surface area contributed by atoms with Gasteiger partial charge >= 0.3 is 8.80 Å². The molecule has 0 N–H and O–H groups in total. The zero-order valence-corrected chi connectivity index (χ0v) is 13.6. The van der Waals surface area contributed by atoms with Crippen molar-refractivity contribution in [1.82, 2.24) is 4.90 Å². The van der Waals surface area contributed by atoms with Gasteiger partial charge in [-0.1, -0.05) is 11.8 Å². The van der Waals surface area contributed by atoms with Gasteiger partial charge in [-0.05, 0) is 6.92 Å². The van der Waals surface area contributed by atoms with Crippen molar-refractivity contribution in [2.75, 3.05) is 51.4 Å². The molecule has 0 aromatic heterocycles. The van der Waals surface area contributed by atoms with Gasteiger partial charge in [0.25, 0.3) is 4.45 Å². The minimum Gasteiger partial charge on any atom is -0.372 e. The van der Waals surface area contributed by atoms with E-state index >= 15 is 0 Å². The van der Waals surface area contributed by atoms with Gasteiger partial charge in [-0.3, -0.25) is 9.69 Å². The van der Waals surface area contributed by atoms with Gasteiger partial charge in [-0.15, -0.1) is 0 Å². The number of rotatable bonds is 4. The SMILES string of the molecule is CCOSC(=O)SC[Si]12OCCN(CCO1)CCO2. The maximum absolute atomic E-state index is 11.6. The van der Waals surface area contributed by atoms with Gasteiger partial charge in [-0.25, -0.2) is 0 Å². The molecule has 3 aliphatic heterocycles. The van der Waals surface area contributed by atoms with Crippen molar-refractivity contribution >= 4 is 37.1 Å². The van der Waals surface area contributed by atoms with Crippen molar-refractivity contribution in [3.8, 4) is 0 Å². The highest BCUT2D eigenvalue weighted by Crippen LogP contribution is 2.25. The Labute approximate surface area is 123 Å². The number of carbonyl (C=O) groups excluding carboxylic acids is 1. The fraction of sp³-hybridized carbons (Fsp3) is 0.900. The number of hydrogen-bond donors (Lipinski definition) is 0. The lowest BCUT2D eigenvalue weighted by Gasteiger charge is -2.37. The quantitative estimate of drug-likeness (QED) is 0.568. The summed E-state index contributed by atoms with van der Waals surface area (Å²) in [7, 11) is -2.68. The number of carbonyl (C=O) groups is 1. The predicted molar refractivity (Wildman–Crippen MR) is 77.1 cm³/mol. The van der Waals surface area contributed by atoms with Crippen LogP contribution in [-0.2, 0) is 17.5 Å². The summed E-state index contributed by atoms with van der Waals surface area (Å²) in [5.41, 5.74) is 0. The minimum atomic E-state index is -2.68. The third-order valence-corrected chi connectivity index (χ3v) is 8.01. The first-order chi connectivity index (χ1) is 9.24. The summed E-state index contributed by atoms with van der Waals surface area (Å²) in [4.78, 5) is 13.9. The fourth-order valence-electron chi connectivity index (χ4n) is 1.85. The Kier molecular flexibility index (Phi) is 6.63. The summed E-state index contributed by atoms with van der Waals surface area (Å²) in [5.74, 6) is 0. The molecule has 0 saturated carbocycles. The van der Waals surface area contributed by atoms with Crippen molar-refractivity contribution in [3.63, 3.8) is 0 Å². The molecule has 3 fully saturated rings. The van der Waals surface area contributed by atoms with Crippen LogP contribution in [0.3, 0.4) is 0 Å². The highest BCUT2D eigenvalue weighted by molar-refractivity contribution is 8.37. The molecular weight excluding hydrogens is 306 g/mol. The molecule has 3 rings (SSSR count). The first kappa shape index (κ1) is 15.8. The first-order valence-electron chi connectivity index (χ1n) is 6.34. The van der Waals surface area contributed by atoms with E-state index in [1.807, 2.05) is 6.92 Å². The summed E-state index contributed by atoms with van der Waals surface area (Å²) in [5, 5.41) is 0.464. The van der Waals surface area contributed by atoms with Gasteiger partial charge in [0.2, 0.25) is 0 Å². The van der Waals surface area contributed by atoms with Crippen molar-refractivity contribution in [2.45, 2.75) is 6.92 Å². The van der Waals surface area contributed by atoms with Crippen LogP contribution in [-0.4, -0.2) is 69.6 Å². The Morgan fingerprint density at radius 1 is 1.21 bits per heavy atom. The molecule has 3 saturated heterocycles. The summed E-state index contributed by atoms with van der Waals surface area (Å²) >= 11 is 2.04. The van der Waals surface area contributed by atoms with E-state index < -0.39 is 8.80 Å². The summed E-state index contributed by atoms with van der Waals surface area (Å²) in [6.07, 6.45) is 0. The van der Waals surface area contributed by atoms with Gasteiger partial charge in [0.15, 0.2) is 0 Å². The number of nitrogens with zero attached hydrogens (tertiary/aromatic N) is 1. The molecule has 0 unspecified atom stereocenters. The van der Waals surface area contributed by atoms with Crippen LogP contribution in [0.4, 0.5) is 4.79 Å². The van der Waals surface area contributed by atoms with Crippen LogP contribution in [0.25, 0.3) is 0 Å². The van der Waals surface area contributed by atoms with E-state index in [1.54, 1.807) is 0 Å². The van der Waals surface area contributed by atoms with Crippen LogP contribution in [0, 0.1) is 0 Å². The molecule has 19 heavy (non-hydrogen) atoms. The molecule has 2 bridgehead atoms. The van der Waals surface area contributed by atoms with Crippen molar-refractivity contribution in [2.24, 2.45) is 0 Å². The predicted octanol–water partition coefficient (Wildman–Crippen LogP) is 1.38. The molecule has 0 spiro atoms. The first-order valence-corrected chi connectivity index (χ1v) is 10.0. The fourth-order valence-corrected chi connectivity index (χ4v) is 6.57. The molecule has 9 heteroatoms. The molecule has 6 nitrogen and oxygen atoms in total. The Bertz CT molecular complexity index is 283. The Hall–Kier alpha value is 0.387. The minimum absolute atomic E-state index is 0.0785. The van der Waals surface area contributed by atoms with Gasteiger partial charge in [0.05, 0.1) is 43.8 Å². The molecule has 0 aliphatic carbocycles. The topological polar surface area (TPSA) is 57.2 Å². The molecule has 0 radical (unpaired) electrons. The van der Waals surface area contributed by atoms with Gasteiger partial charge in [0, 0.05) is 19.6 Å². The molecule has 110 valence electrons. The van der Waals surface area contributed by atoms with Crippen LogP contribution in [0.2, 0.25) is 0 Å². The summed E-state index contributed by atoms with van der Waals surface area (Å²) in [6, 6.07) is 0. The van der Waals surface area contributed by atoms with E-state index in [9.17, 15) is 4.79 Å². The van der Waals surface area contributed by atoms with Crippen LogP contribution in [0.1, 0.15) is 6.92 Å². The highest BCUT2D eigenvalue weighted by atomic mass is 32.2. The Morgan fingerprint density at radius 2 is 1.79 bits per heavy atom. The molecule has 0 aromatic rings. The number of fused-ring (bicyclic) bond motifs is 6. The van der Waals surface area contributed by atoms with Crippen molar-refractivity contribution in [1.29, 1.82) is 0 Å². The monoisotopic (exact) mass is 325 g/mol. The highest BCUT2D eigenvalue weighted by Gasteiger charge is 2.44. The van der Waals surface area contributed by atoms with Gasteiger partial charge < -0.3 is 17.5 Å². The second-order valence-electron chi connectivity index (χ2n) is 4.10. The number of hydrogen-bond acceptors (Lipinski definition) is 8. The van der Waals surface area contributed by atoms with Gasteiger partial charge in [-0.2, -0.15) is 0 Å². The lowest BCUT2D eigenvalue weighted by molar-refractivity contribution is -0.00441. The lowest BCUT2D eigenvalue weighted by atomic mass is 10.4. The van der Waals surface area contributed by atoms with E-state index in [0.717, 1.165) is 31.7 Å². The standard InChI is InChI=1S/C10H19NO5S2Si/c1-2-13-18-10(12)17-9-19-14-6-3-11(4-7-15-19)5-8-16-19/h2-9H2,1H3. The van der Waals surface area contributed by atoms with E-state index in [4.69, 9.17) is 17.5 Å². The van der Waals surface area contributed by atoms with Gasteiger partial charge in [0.1, 0.15) is 0 Å². The maximum Gasteiger partial charge on any atom is 0.512 e. The van der Waals surface area contributed by atoms with Crippen LogP contribution in [0.5, 0.6) is 0 Å². The third kappa shape index (κ3) is 5.01. The van der Waals surface area contributed by atoms with Crippen LogP contribution >= 0.6 is 23.8 Å². The molecule has 3 heterocycles. The summed E-state index contributed by atoms with van der Waals surface area (Å²) < 4.78 is 22.4. The van der Waals surface area contributed by atoms with Crippen molar-refractivity contribution < 1.29 is 22.3 Å². The van der Waals surface area contributed by atoms with E-state index in [-0.39, 0.29) is 4.45 Å². The molecule has 0 amide bonds. The zero-order chi connectivity index (χ0) is 13.6. The molecule has 3 aliphatic rings. The molecular formula is C10H19NO5S2Si. The average molecular weight is 325 g/mol. The van der Waals surface area contributed by atoms with E-state index in [1.165, 1.54) is 11.8 Å². The molecule has 0 aromatic carbocycles. The lowest BCUT2D eigenvalue weighted by Crippen LogP contribution is -2.57. The Morgan fingerprint density at radius 3 is 2.32 bits per heavy atom. The van der Waals surface area contributed by atoms with Crippen LogP contribution in [0.15, 0.2) is 0 Å². The third-order valence-electron chi connectivity index (χ3n) is 2.80. The largest absolute Gasteiger partial charge is 0.512 e. The van der Waals surface area contributed by atoms with Crippen LogP contribution < -0.4 is 0 Å². The second kappa shape index (κ2) is 7.98. The summed E-state index contributed by atoms with van der Waals surface area (Å²) in [6.45, 7) is 6.93. The van der Waals surface area contributed by atoms with Crippen molar-refractivity contribution in [3.05, 3.63) is 0 Å². The average Bonchev–Trinajstić information content (AvgIpc) is 2.33.